The Balaban J connectivity index is 1.93. The summed E-state index contributed by atoms with van der Waals surface area (Å²) in [5.41, 5.74) is 1.75. The lowest BCUT2D eigenvalue weighted by Gasteiger charge is -2.20. The molecule has 0 spiro atoms. The molecular formula is C22H21FN2O4S. The smallest absolute Gasteiger partial charge is 0.326 e. The van der Waals surface area contributed by atoms with Gasteiger partial charge in [-0.1, -0.05) is 18.2 Å². The zero-order valence-electron chi connectivity index (χ0n) is 17.1. The topological polar surface area (TPSA) is 77.7 Å². The van der Waals surface area contributed by atoms with Gasteiger partial charge in [0.15, 0.2) is 0 Å². The molecule has 0 N–H and O–H groups in total. The first-order valence-corrected chi connectivity index (χ1v) is 10.9. The second-order valence-electron chi connectivity index (χ2n) is 8.21. The van der Waals surface area contributed by atoms with E-state index in [0.717, 1.165) is 0 Å². The molecule has 30 heavy (non-hydrogen) atoms. The van der Waals surface area contributed by atoms with Crippen molar-refractivity contribution in [3.8, 4) is 0 Å². The van der Waals surface area contributed by atoms with Crippen LogP contribution in [0.4, 0.5) is 4.39 Å². The van der Waals surface area contributed by atoms with E-state index in [0.29, 0.717) is 27.7 Å². The van der Waals surface area contributed by atoms with Gasteiger partial charge < -0.3 is 9.30 Å². The molecule has 4 rings (SSSR count). The molecule has 0 amide bonds. The minimum atomic E-state index is -3.84. The third kappa shape index (κ3) is 3.41. The maximum atomic E-state index is 14.1. The van der Waals surface area contributed by atoms with Crippen LogP contribution >= 0.6 is 0 Å². The van der Waals surface area contributed by atoms with E-state index in [1.54, 1.807) is 56.5 Å². The van der Waals surface area contributed by atoms with Crippen LogP contribution in [0, 0.1) is 12.7 Å². The van der Waals surface area contributed by atoms with E-state index in [4.69, 9.17) is 4.74 Å². The molecule has 2 aromatic carbocycles. The second kappa shape index (κ2) is 6.77. The van der Waals surface area contributed by atoms with Gasteiger partial charge in [0.1, 0.15) is 18.0 Å². The highest BCUT2D eigenvalue weighted by Crippen LogP contribution is 2.35. The standard InChI is InChI=1S/C22H21FN2O4S/c1-13-20(21-15-7-5-6-8-18(15)30(27,28)24-21)16-11-14(23)9-10-17(16)25(13)12-19(26)29-22(2,3)4/h5-11H,12H2,1-4H3. The van der Waals surface area contributed by atoms with Gasteiger partial charge in [-0.3, -0.25) is 4.79 Å². The van der Waals surface area contributed by atoms with Crippen LogP contribution in [0.2, 0.25) is 0 Å². The van der Waals surface area contributed by atoms with Crippen molar-refractivity contribution in [2.75, 3.05) is 0 Å². The molecule has 0 saturated carbocycles. The number of aromatic nitrogens is 1. The first-order chi connectivity index (χ1) is 14.0. The lowest BCUT2D eigenvalue weighted by atomic mass is 9.99. The molecule has 0 unspecified atom stereocenters. The number of sulfonamides is 1. The van der Waals surface area contributed by atoms with Crippen LogP contribution in [0.1, 0.15) is 37.6 Å². The van der Waals surface area contributed by atoms with Crippen molar-refractivity contribution in [2.24, 2.45) is 4.40 Å². The Morgan fingerprint density at radius 2 is 1.87 bits per heavy atom. The molecule has 0 atom stereocenters. The average molecular weight is 428 g/mol. The van der Waals surface area contributed by atoms with Crippen molar-refractivity contribution in [3.63, 3.8) is 0 Å². The summed E-state index contributed by atoms with van der Waals surface area (Å²) in [5.74, 6) is -0.910. The van der Waals surface area contributed by atoms with Crippen LogP contribution in [-0.2, 0) is 26.1 Å². The number of carbonyl (C=O) groups is 1. The van der Waals surface area contributed by atoms with Gasteiger partial charge in [0.05, 0.1) is 10.6 Å². The summed E-state index contributed by atoms with van der Waals surface area (Å²) in [6.45, 7) is 7.00. The number of rotatable bonds is 3. The maximum absolute atomic E-state index is 14.1. The predicted octanol–water partition coefficient (Wildman–Crippen LogP) is 3.97. The Labute approximate surface area is 174 Å². The zero-order valence-corrected chi connectivity index (χ0v) is 17.9. The van der Waals surface area contributed by atoms with Gasteiger partial charge in [-0.2, -0.15) is 12.8 Å². The number of halogens is 1. The van der Waals surface area contributed by atoms with Crippen molar-refractivity contribution < 1.29 is 22.3 Å². The SMILES string of the molecule is Cc1c(C2=NS(=O)(=O)c3ccccc32)c2cc(F)ccc2n1CC(=O)OC(C)(C)C. The fraction of sp³-hybridized carbons (Fsp3) is 0.273. The van der Waals surface area contributed by atoms with Crippen molar-refractivity contribution in [3.05, 3.63) is 65.1 Å². The molecular weight excluding hydrogens is 407 g/mol. The summed E-state index contributed by atoms with van der Waals surface area (Å²) < 4.78 is 50.3. The Bertz CT molecular complexity index is 1330. The molecule has 1 aliphatic heterocycles. The van der Waals surface area contributed by atoms with E-state index in [9.17, 15) is 17.6 Å². The van der Waals surface area contributed by atoms with Gasteiger partial charge in [-0.05, 0) is 52.0 Å². The minimum Gasteiger partial charge on any atom is -0.459 e. The van der Waals surface area contributed by atoms with Crippen molar-refractivity contribution in [2.45, 2.75) is 44.7 Å². The number of esters is 1. The Hall–Kier alpha value is -3.00. The van der Waals surface area contributed by atoms with Gasteiger partial charge in [0.25, 0.3) is 10.0 Å². The Kier molecular flexibility index (Phi) is 4.58. The summed E-state index contributed by atoms with van der Waals surface area (Å²) in [6.07, 6.45) is 0. The molecule has 1 aliphatic rings. The molecule has 0 aliphatic carbocycles. The van der Waals surface area contributed by atoms with E-state index in [-0.39, 0.29) is 17.2 Å². The molecule has 6 nitrogen and oxygen atoms in total. The molecule has 2 heterocycles. The number of ether oxygens (including phenoxy) is 1. The normalized spacial score (nSPS) is 15.2. The highest BCUT2D eigenvalue weighted by Gasteiger charge is 2.32. The lowest BCUT2D eigenvalue weighted by Crippen LogP contribution is -2.26. The quantitative estimate of drug-likeness (QED) is 0.592. The molecule has 1 aromatic heterocycles. The van der Waals surface area contributed by atoms with Crippen LogP contribution in [0.15, 0.2) is 51.8 Å². The van der Waals surface area contributed by atoms with Crippen molar-refractivity contribution in [1.29, 1.82) is 0 Å². The Morgan fingerprint density at radius 1 is 1.17 bits per heavy atom. The fourth-order valence-corrected chi connectivity index (χ4v) is 4.97. The van der Waals surface area contributed by atoms with Crippen LogP contribution in [0.5, 0.6) is 0 Å². The molecule has 0 fully saturated rings. The zero-order chi connectivity index (χ0) is 21.8. The third-order valence-corrected chi connectivity index (χ3v) is 6.20. The first-order valence-electron chi connectivity index (χ1n) is 9.43. The highest BCUT2D eigenvalue weighted by atomic mass is 32.2. The molecule has 8 heteroatoms. The summed E-state index contributed by atoms with van der Waals surface area (Å²) in [4.78, 5) is 12.6. The van der Waals surface area contributed by atoms with Gasteiger partial charge >= 0.3 is 5.97 Å². The maximum Gasteiger partial charge on any atom is 0.326 e. The van der Waals surface area contributed by atoms with Crippen LogP contribution in [0.25, 0.3) is 10.9 Å². The number of nitrogens with zero attached hydrogens (tertiary/aromatic N) is 2. The summed E-state index contributed by atoms with van der Waals surface area (Å²) in [6, 6.07) is 10.7. The first kappa shape index (κ1) is 20.3. The van der Waals surface area contributed by atoms with E-state index in [2.05, 4.69) is 4.40 Å². The van der Waals surface area contributed by atoms with Crippen molar-refractivity contribution in [1.82, 2.24) is 4.57 Å². The number of carbonyl (C=O) groups excluding carboxylic acids is 1. The molecule has 0 radical (unpaired) electrons. The third-order valence-electron chi connectivity index (χ3n) is 4.86. The van der Waals surface area contributed by atoms with E-state index >= 15 is 0 Å². The predicted molar refractivity (Wildman–Crippen MR) is 112 cm³/mol. The fourth-order valence-electron chi connectivity index (χ4n) is 3.75. The number of fused-ring (bicyclic) bond motifs is 2. The van der Waals surface area contributed by atoms with E-state index in [1.165, 1.54) is 18.2 Å². The Morgan fingerprint density at radius 3 is 2.57 bits per heavy atom. The molecule has 3 aromatic rings. The molecule has 156 valence electrons. The van der Waals surface area contributed by atoms with Crippen LogP contribution in [-0.4, -0.2) is 30.3 Å². The molecule has 0 bridgehead atoms. The monoisotopic (exact) mass is 428 g/mol. The van der Waals surface area contributed by atoms with Gasteiger partial charge in [-0.15, -0.1) is 0 Å². The van der Waals surface area contributed by atoms with E-state index in [1.807, 2.05) is 0 Å². The molecule has 0 saturated heterocycles. The number of benzene rings is 2. The number of hydrogen-bond donors (Lipinski definition) is 0. The average Bonchev–Trinajstić information content (AvgIpc) is 3.04. The number of hydrogen-bond acceptors (Lipinski definition) is 4. The highest BCUT2D eigenvalue weighted by molar-refractivity contribution is 7.90. The van der Waals surface area contributed by atoms with Gasteiger partial charge in [0, 0.05) is 27.7 Å². The van der Waals surface area contributed by atoms with Crippen molar-refractivity contribution >= 4 is 32.6 Å². The minimum absolute atomic E-state index is 0.0904. The van der Waals surface area contributed by atoms with E-state index < -0.39 is 27.4 Å². The van der Waals surface area contributed by atoms with Crippen LogP contribution in [0.3, 0.4) is 0 Å². The van der Waals surface area contributed by atoms with Crippen LogP contribution < -0.4 is 0 Å². The second-order valence-corrected chi connectivity index (χ2v) is 9.78. The van der Waals surface area contributed by atoms with Gasteiger partial charge in [-0.25, -0.2) is 4.39 Å². The largest absolute Gasteiger partial charge is 0.459 e. The summed E-state index contributed by atoms with van der Waals surface area (Å²) >= 11 is 0. The summed E-state index contributed by atoms with van der Waals surface area (Å²) in [5, 5.41) is 0.488. The van der Waals surface area contributed by atoms with Gasteiger partial charge in [0.2, 0.25) is 0 Å². The summed E-state index contributed by atoms with van der Waals surface area (Å²) in [7, 11) is -3.84. The lowest BCUT2D eigenvalue weighted by molar-refractivity contribution is -0.155.